The summed E-state index contributed by atoms with van der Waals surface area (Å²) in [6.07, 6.45) is 1.91. The molecule has 2 aromatic carbocycles. The van der Waals surface area contributed by atoms with Crippen LogP contribution in [-0.4, -0.2) is 12.1 Å². The first-order chi connectivity index (χ1) is 9.93. The van der Waals surface area contributed by atoms with Crippen LogP contribution >= 0.6 is 50.9 Å². The number of nitrogens with two attached hydrogens (primary N) is 1. The lowest BCUT2D eigenvalue weighted by Gasteiger charge is -2.14. The van der Waals surface area contributed by atoms with Crippen LogP contribution in [0.1, 0.15) is 5.56 Å². The summed E-state index contributed by atoms with van der Waals surface area (Å²) in [5, 5.41) is 8.63. The van der Waals surface area contributed by atoms with Crippen molar-refractivity contribution in [3.05, 3.63) is 50.4 Å². The van der Waals surface area contributed by atoms with Crippen molar-refractivity contribution in [2.45, 2.75) is 4.90 Å². The zero-order valence-electron chi connectivity index (χ0n) is 10.9. The summed E-state index contributed by atoms with van der Waals surface area (Å²) in [4.78, 5) is 0.860. The fourth-order valence-electron chi connectivity index (χ4n) is 1.73. The lowest BCUT2D eigenvalue weighted by molar-refractivity contribution is 0.480. The van der Waals surface area contributed by atoms with Crippen molar-refractivity contribution in [1.29, 1.82) is 5.41 Å². The Hall–Kier alpha value is -0.880. The standard InChI is InChI=1S/C14H11BrCl2N2OS/c1-21-12-4-2-3-10(13(12)14(18)19)20-11-6-8(16)7(15)5-9(11)17/h2-6H,1H3,(H3,18,19). The molecule has 0 fully saturated rings. The number of benzene rings is 2. The third kappa shape index (κ3) is 3.66. The molecular weight excluding hydrogens is 395 g/mol. The number of nitrogen functional groups attached to an aromatic ring is 1. The molecule has 0 aliphatic rings. The van der Waals surface area contributed by atoms with Crippen molar-refractivity contribution in [2.24, 2.45) is 5.73 Å². The Morgan fingerprint density at radius 3 is 2.57 bits per heavy atom. The fraction of sp³-hybridized carbons (Fsp3) is 0.0714. The monoisotopic (exact) mass is 404 g/mol. The van der Waals surface area contributed by atoms with E-state index < -0.39 is 0 Å². The molecule has 0 unspecified atom stereocenters. The molecule has 0 amide bonds. The first-order valence-electron chi connectivity index (χ1n) is 5.77. The van der Waals surface area contributed by atoms with Crippen molar-refractivity contribution >= 4 is 56.7 Å². The van der Waals surface area contributed by atoms with Gasteiger partial charge in [0.2, 0.25) is 0 Å². The number of hydrogen-bond donors (Lipinski definition) is 2. The summed E-state index contributed by atoms with van der Waals surface area (Å²) in [7, 11) is 0. The van der Waals surface area contributed by atoms with Crippen molar-refractivity contribution in [3.8, 4) is 11.5 Å². The van der Waals surface area contributed by atoms with Gasteiger partial charge in [0.25, 0.3) is 0 Å². The van der Waals surface area contributed by atoms with Crippen molar-refractivity contribution < 1.29 is 4.74 Å². The highest BCUT2D eigenvalue weighted by Crippen LogP contribution is 2.38. The molecule has 2 aromatic rings. The molecule has 0 radical (unpaired) electrons. The molecule has 2 rings (SSSR count). The molecule has 21 heavy (non-hydrogen) atoms. The van der Waals surface area contributed by atoms with E-state index in [9.17, 15) is 0 Å². The smallest absolute Gasteiger partial charge is 0.147 e. The van der Waals surface area contributed by atoms with Crippen LogP contribution in [0.5, 0.6) is 11.5 Å². The van der Waals surface area contributed by atoms with E-state index in [1.165, 1.54) is 11.8 Å². The van der Waals surface area contributed by atoms with E-state index >= 15 is 0 Å². The molecule has 0 spiro atoms. The molecule has 0 saturated heterocycles. The minimum Gasteiger partial charge on any atom is -0.455 e. The molecule has 3 nitrogen and oxygen atoms in total. The molecule has 0 heterocycles. The maximum atomic E-state index is 7.73. The Morgan fingerprint density at radius 1 is 1.24 bits per heavy atom. The molecule has 0 saturated carbocycles. The molecule has 3 N–H and O–H groups in total. The molecule has 0 atom stereocenters. The van der Waals surface area contributed by atoms with Crippen LogP contribution in [0.25, 0.3) is 0 Å². The Bertz CT molecular complexity index is 710. The molecule has 110 valence electrons. The number of halogens is 3. The predicted octanol–water partition coefficient (Wildman–Crippen LogP) is 5.55. The van der Waals surface area contributed by atoms with Gasteiger partial charge in [-0.2, -0.15) is 0 Å². The third-order valence-corrected chi connectivity index (χ3v) is 4.94. The summed E-state index contributed by atoms with van der Waals surface area (Å²) in [6.45, 7) is 0. The lowest BCUT2D eigenvalue weighted by Crippen LogP contribution is -2.13. The largest absolute Gasteiger partial charge is 0.455 e. The third-order valence-electron chi connectivity index (χ3n) is 2.67. The average Bonchev–Trinajstić information content (AvgIpc) is 2.44. The van der Waals surface area contributed by atoms with E-state index in [1.54, 1.807) is 18.2 Å². The lowest BCUT2D eigenvalue weighted by atomic mass is 10.2. The van der Waals surface area contributed by atoms with Crippen LogP contribution < -0.4 is 10.5 Å². The second-order valence-corrected chi connectivity index (χ2v) is 6.56. The van der Waals surface area contributed by atoms with Gasteiger partial charge in [-0.05, 0) is 40.4 Å². The van der Waals surface area contributed by atoms with Crippen LogP contribution in [-0.2, 0) is 0 Å². The number of hydrogen-bond acceptors (Lipinski definition) is 3. The second kappa shape index (κ2) is 6.92. The summed E-state index contributed by atoms with van der Waals surface area (Å²) in [6, 6.07) is 8.73. The van der Waals surface area contributed by atoms with E-state index in [0.717, 1.165) is 4.90 Å². The van der Waals surface area contributed by atoms with E-state index in [4.69, 9.17) is 39.1 Å². The fourth-order valence-corrected chi connectivity index (χ4v) is 3.19. The van der Waals surface area contributed by atoms with Crippen molar-refractivity contribution in [2.75, 3.05) is 6.26 Å². The quantitative estimate of drug-likeness (QED) is 0.303. The first-order valence-corrected chi connectivity index (χ1v) is 8.55. The number of amidine groups is 1. The summed E-state index contributed by atoms with van der Waals surface area (Å²) >= 11 is 17.0. The summed E-state index contributed by atoms with van der Waals surface area (Å²) in [5.41, 5.74) is 6.20. The van der Waals surface area contributed by atoms with Gasteiger partial charge in [0.1, 0.15) is 17.3 Å². The minimum atomic E-state index is -0.0609. The number of rotatable bonds is 4. The van der Waals surface area contributed by atoms with Gasteiger partial charge in [-0.25, -0.2) is 0 Å². The molecule has 0 aromatic heterocycles. The normalized spacial score (nSPS) is 10.5. The van der Waals surface area contributed by atoms with Crippen LogP contribution in [0.2, 0.25) is 10.0 Å². The SMILES string of the molecule is CSc1cccc(Oc2cc(Cl)c(Br)cc2Cl)c1C(=N)N. The van der Waals surface area contributed by atoms with Gasteiger partial charge in [0, 0.05) is 15.4 Å². The molecule has 0 aliphatic carbocycles. The summed E-state index contributed by atoms with van der Waals surface area (Å²) < 4.78 is 6.49. The Labute approximate surface area is 145 Å². The molecular formula is C14H11BrCl2N2OS. The van der Waals surface area contributed by atoms with Gasteiger partial charge in [0.05, 0.1) is 15.6 Å². The molecule has 0 bridgehead atoms. The zero-order valence-corrected chi connectivity index (χ0v) is 14.8. The first kappa shape index (κ1) is 16.5. The van der Waals surface area contributed by atoms with E-state index in [2.05, 4.69) is 15.9 Å². The Balaban J connectivity index is 2.49. The van der Waals surface area contributed by atoms with Crippen molar-refractivity contribution in [3.63, 3.8) is 0 Å². The van der Waals surface area contributed by atoms with E-state index in [1.807, 2.05) is 18.4 Å². The summed E-state index contributed by atoms with van der Waals surface area (Å²) in [5.74, 6) is 0.814. The van der Waals surface area contributed by atoms with E-state index in [-0.39, 0.29) is 5.84 Å². The maximum Gasteiger partial charge on any atom is 0.147 e. The Kier molecular flexibility index (Phi) is 5.43. The van der Waals surface area contributed by atoms with Crippen LogP contribution in [0, 0.1) is 5.41 Å². The topological polar surface area (TPSA) is 59.1 Å². The van der Waals surface area contributed by atoms with Gasteiger partial charge in [-0.3, -0.25) is 5.41 Å². The van der Waals surface area contributed by atoms with Crippen molar-refractivity contribution in [1.82, 2.24) is 0 Å². The maximum absolute atomic E-state index is 7.73. The van der Waals surface area contributed by atoms with Crippen LogP contribution in [0.3, 0.4) is 0 Å². The average molecular weight is 406 g/mol. The Morgan fingerprint density at radius 2 is 1.95 bits per heavy atom. The van der Waals surface area contributed by atoms with Crippen LogP contribution in [0.15, 0.2) is 39.7 Å². The highest BCUT2D eigenvalue weighted by molar-refractivity contribution is 9.10. The molecule has 0 aliphatic heterocycles. The van der Waals surface area contributed by atoms with Gasteiger partial charge in [-0.15, -0.1) is 11.8 Å². The number of nitrogens with one attached hydrogen (secondary N) is 1. The highest BCUT2D eigenvalue weighted by Gasteiger charge is 2.15. The van der Waals surface area contributed by atoms with Gasteiger partial charge in [-0.1, -0.05) is 29.3 Å². The zero-order chi connectivity index (χ0) is 15.6. The van der Waals surface area contributed by atoms with Crippen LogP contribution in [0.4, 0.5) is 0 Å². The highest BCUT2D eigenvalue weighted by atomic mass is 79.9. The van der Waals surface area contributed by atoms with Gasteiger partial charge < -0.3 is 10.5 Å². The van der Waals surface area contributed by atoms with Gasteiger partial charge in [0.15, 0.2) is 0 Å². The molecule has 7 heteroatoms. The van der Waals surface area contributed by atoms with Gasteiger partial charge >= 0.3 is 0 Å². The minimum absolute atomic E-state index is 0.0609. The predicted molar refractivity (Wildman–Crippen MR) is 93.5 cm³/mol. The number of ether oxygens (including phenoxy) is 1. The second-order valence-electron chi connectivity index (χ2n) is 4.05. The number of thioether (sulfide) groups is 1. The van der Waals surface area contributed by atoms with E-state index in [0.29, 0.717) is 31.6 Å².